The lowest BCUT2D eigenvalue weighted by Gasteiger charge is -2.07. The second kappa shape index (κ2) is 13.2. The minimum Gasteiger partial charge on any atom is -0.494 e. The van der Waals surface area contributed by atoms with Crippen molar-refractivity contribution in [3.05, 3.63) is 65.6 Å². The summed E-state index contributed by atoms with van der Waals surface area (Å²) in [5, 5.41) is 22.5. The van der Waals surface area contributed by atoms with Crippen LogP contribution in [0.4, 0.5) is 0 Å². The van der Waals surface area contributed by atoms with E-state index in [1.807, 2.05) is 42.7 Å². The van der Waals surface area contributed by atoms with E-state index in [-0.39, 0.29) is 14.0 Å². The molecule has 3 rings (SSSR count). The highest BCUT2D eigenvalue weighted by Gasteiger charge is 2.10. The maximum absolute atomic E-state index is 9.70. The Morgan fingerprint density at radius 1 is 1.20 bits per heavy atom. The second-order valence-electron chi connectivity index (χ2n) is 5.97. The summed E-state index contributed by atoms with van der Waals surface area (Å²) in [5.74, 6) is 7.74. The molecular formula is C23H31N3O4. The molecule has 1 atom stereocenters. The highest BCUT2D eigenvalue weighted by molar-refractivity contribution is 5.41. The van der Waals surface area contributed by atoms with Crippen molar-refractivity contribution in [3.8, 4) is 17.6 Å². The van der Waals surface area contributed by atoms with Crippen molar-refractivity contribution in [2.75, 3.05) is 13.2 Å². The van der Waals surface area contributed by atoms with Crippen molar-refractivity contribution >= 4 is 0 Å². The summed E-state index contributed by atoms with van der Waals surface area (Å²) >= 11 is 0. The van der Waals surface area contributed by atoms with Gasteiger partial charge >= 0.3 is 0 Å². The van der Waals surface area contributed by atoms with Crippen LogP contribution >= 0.6 is 0 Å². The molecule has 0 saturated carbocycles. The fraction of sp³-hybridized carbons (Fsp3) is 0.391. The number of ether oxygens (including phenoxy) is 1. The Morgan fingerprint density at radius 2 is 1.93 bits per heavy atom. The van der Waals surface area contributed by atoms with Gasteiger partial charge in [0.15, 0.2) is 0 Å². The predicted molar refractivity (Wildman–Crippen MR) is 116 cm³/mol. The summed E-state index contributed by atoms with van der Waals surface area (Å²) in [6.45, 7) is 6.72. The van der Waals surface area contributed by atoms with Crippen LogP contribution in [0.5, 0.6) is 5.75 Å². The van der Waals surface area contributed by atoms with E-state index in [4.69, 9.17) is 14.4 Å². The van der Waals surface area contributed by atoms with Crippen LogP contribution in [0, 0.1) is 11.8 Å². The molecule has 30 heavy (non-hydrogen) atoms. The quantitative estimate of drug-likeness (QED) is 0.452. The zero-order valence-electron chi connectivity index (χ0n) is 17.0. The van der Waals surface area contributed by atoms with Crippen LogP contribution in [0.25, 0.3) is 0 Å². The van der Waals surface area contributed by atoms with Crippen molar-refractivity contribution in [2.45, 2.75) is 47.3 Å². The Hall–Kier alpha value is -3.08. The van der Waals surface area contributed by atoms with Gasteiger partial charge in [-0.05, 0) is 37.1 Å². The summed E-state index contributed by atoms with van der Waals surface area (Å²) in [6, 6.07) is 9.16. The second-order valence-corrected chi connectivity index (χ2v) is 5.97. The van der Waals surface area contributed by atoms with E-state index in [0.717, 1.165) is 11.3 Å². The lowest BCUT2D eigenvalue weighted by atomic mass is 10.2. The minimum absolute atomic E-state index is 0. The Balaban J connectivity index is 0.00000146. The molecule has 1 aromatic carbocycles. The molecule has 162 valence electrons. The standard InChI is InChI=1S/C20H21N3O4.C2H6.CH4/c1-15(25)20-21-9-10-23(20)14-17-13-19(27-22-17)8-5-16-3-6-18(7-4-16)26-12-2-11-24;1-2;/h3-4,6-7,9-10,13,15,24-25H,2,11-12,14H2,1H3;1-2H3;1H4/t15-;;/m0../s1. The smallest absolute Gasteiger partial charge is 0.210 e. The average molecular weight is 414 g/mol. The van der Waals surface area contributed by atoms with Gasteiger partial charge in [-0.2, -0.15) is 0 Å². The summed E-state index contributed by atoms with van der Waals surface area (Å²) in [4.78, 5) is 4.13. The molecule has 0 aliphatic heterocycles. The molecule has 0 spiro atoms. The fourth-order valence-corrected chi connectivity index (χ4v) is 2.46. The van der Waals surface area contributed by atoms with E-state index in [1.165, 1.54) is 0 Å². The number of hydrogen-bond acceptors (Lipinski definition) is 6. The van der Waals surface area contributed by atoms with Crippen LogP contribution in [0.15, 0.2) is 47.2 Å². The summed E-state index contributed by atoms with van der Waals surface area (Å²) in [6.07, 6.45) is 3.38. The van der Waals surface area contributed by atoms with Gasteiger partial charge in [0.05, 0.1) is 13.2 Å². The van der Waals surface area contributed by atoms with Crippen molar-refractivity contribution in [2.24, 2.45) is 0 Å². The van der Waals surface area contributed by atoms with Gasteiger partial charge < -0.3 is 24.0 Å². The van der Waals surface area contributed by atoms with Gasteiger partial charge in [0.1, 0.15) is 23.4 Å². The molecule has 2 aromatic heterocycles. The summed E-state index contributed by atoms with van der Waals surface area (Å²) in [5.41, 5.74) is 1.53. The van der Waals surface area contributed by atoms with Gasteiger partial charge in [-0.3, -0.25) is 0 Å². The van der Waals surface area contributed by atoms with Crippen molar-refractivity contribution in [1.82, 2.24) is 14.7 Å². The Kier molecular flexibility index (Phi) is 11.0. The highest BCUT2D eigenvalue weighted by atomic mass is 16.5. The van der Waals surface area contributed by atoms with Crippen LogP contribution in [0.1, 0.15) is 63.6 Å². The molecule has 2 N–H and O–H groups in total. The van der Waals surface area contributed by atoms with E-state index >= 15 is 0 Å². The molecular weight excluding hydrogens is 382 g/mol. The minimum atomic E-state index is -0.651. The molecule has 0 amide bonds. The molecule has 0 bridgehead atoms. The van der Waals surface area contributed by atoms with Gasteiger partial charge in [0.25, 0.3) is 0 Å². The van der Waals surface area contributed by atoms with Gasteiger partial charge in [-0.1, -0.05) is 32.4 Å². The first-order valence-corrected chi connectivity index (χ1v) is 9.66. The van der Waals surface area contributed by atoms with E-state index in [9.17, 15) is 5.11 Å². The van der Waals surface area contributed by atoms with Crippen LogP contribution in [0.2, 0.25) is 0 Å². The van der Waals surface area contributed by atoms with Gasteiger partial charge in [-0.25, -0.2) is 4.98 Å². The normalized spacial score (nSPS) is 10.7. The molecule has 0 aliphatic rings. The molecule has 2 heterocycles. The lowest BCUT2D eigenvalue weighted by Crippen LogP contribution is -2.07. The third-order valence-electron chi connectivity index (χ3n) is 3.77. The van der Waals surface area contributed by atoms with Gasteiger partial charge in [0, 0.05) is 37.1 Å². The van der Waals surface area contributed by atoms with E-state index < -0.39 is 6.10 Å². The lowest BCUT2D eigenvalue weighted by molar-refractivity contribution is 0.184. The third-order valence-corrected chi connectivity index (χ3v) is 3.77. The third kappa shape index (κ3) is 7.39. The Morgan fingerprint density at radius 3 is 2.60 bits per heavy atom. The Bertz CT molecular complexity index is 918. The van der Waals surface area contributed by atoms with Crippen molar-refractivity contribution < 1.29 is 19.5 Å². The van der Waals surface area contributed by atoms with Crippen LogP contribution in [0.3, 0.4) is 0 Å². The summed E-state index contributed by atoms with van der Waals surface area (Å²) < 4.78 is 12.6. The topological polar surface area (TPSA) is 93.5 Å². The molecule has 0 radical (unpaired) electrons. The number of rotatable bonds is 7. The van der Waals surface area contributed by atoms with E-state index in [1.54, 1.807) is 25.4 Å². The maximum atomic E-state index is 9.70. The van der Waals surface area contributed by atoms with Crippen LogP contribution in [-0.4, -0.2) is 38.1 Å². The predicted octanol–water partition coefficient (Wildman–Crippen LogP) is 3.80. The molecule has 3 aromatic rings. The molecule has 0 unspecified atom stereocenters. The van der Waals surface area contributed by atoms with Crippen LogP contribution in [-0.2, 0) is 6.54 Å². The molecule has 0 saturated heterocycles. The number of aliphatic hydroxyl groups excluding tert-OH is 2. The zero-order valence-corrected chi connectivity index (χ0v) is 17.0. The first-order valence-electron chi connectivity index (χ1n) is 9.66. The first kappa shape index (κ1) is 25.0. The molecule has 7 nitrogen and oxygen atoms in total. The maximum Gasteiger partial charge on any atom is 0.210 e. The molecule has 0 fully saturated rings. The number of imidazole rings is 1. The van der Waals surface area contributed by atoms with Gasteiger partial charge in [0.2, 0.25) is 5.76 Å². The molecule has 7 heteroatoms. The first-order chi connectivity index (χ1) is 14.2. The number of aromatic nitrogens is 3. The highest BCUT2D eigenvalue weighted by Crippen LogP contribution is 2.13. The van der Waals surface area contributed by atoms with E-state index in [2.05, 4.69) is 22.0 Å². The van der Waals surface area contributed by atoms with Gasteiger partial charge in [-0.15, -0.1) is 0 Å². The van der Waals surface area contributed by atoms with Crippen molar-refractivity contribution in [1.29, 1.82) is 0 Å². The molecule has 0 aliphatic carbocycles. The monoisotopic (exact) mass is 413 g/mol. The summed E-state index contributed by atoms with van der Waals surface area (Å²) in [7, 11) is 0. The number of aliphatic hydroxyl groups is 2. The average Bonchev–Trinajstić information content (AvgIpc) is 3.39. The number of nitrogens with zero attached hydrogens (tertiary/aromatic N) is 3. The number of hydrogen-bond donors (Lipinski definition) is 2. The zero-order chi connectivity index (χ0) is 21.1. The Labute approximate surface area is 178 Å². The fourth-order valence-electron chi connectivity index (χ4n) is 2.46. The largest absolute Gasteiger partial charge is 0.494 e. The number of benzene rings is 1. The SMILES string of the molecule is C.CC.C[C@H](O)c1nccn1Cc1cc(C#Cc2ccc(OCCCO)cc2)on1. The van der Waals surface area contributed by atoms with Crippen molar-refractivity contribution in [3.63, 3.8) is 0 Å². The van der Waals surface area contributed by atoms with Crippen LogP contribution < -0.4 is 4.74 Å². The van der Waals surface area contributed by atoms with E-state index in [0.29, 0.717) is 36.9 Å².